The van der Waals surface area contributed by atoms with Crippen LogP contribution in [0.15, 0.2) is 30.6 Å². The van der Waals surface area contributed by atoms with E-state index in [9.17, 15) is 4.39 Å². The lowest BCUT2D eigenvalue weighted by Crippen LogP contribution is -2.32. The molecule has 8 heteroatoms. The van der Waals surface area contributed by atoms with Crippen molar-refractivity contribution in [1.82, 2.24) is 20.2 Å². The molecule has 0 spiro atoms. The van der Waals surface area contributed by atoms with Crippen LogP contribution in [0.25, 0.3) is 0 Å². The van der Waals surface area contributed by atoms with Crippen molar-refractivity contribution in [3.05, 3.63) is 64.6 Å². The molecule has 0 unspecified atom stereocenters. The first-order valence-corrected chi connectivity index (χ1v) is 8.46. The van der Waals surface area contributed by atoms with E-state index in [1.54, 1.807) is 13.8 Å². The molecular formula is C20H18FN7. The van der Waals surface area contributed by atoms with E-state index in [-0.39, 0.29) is 34.9 Å². The molecule has 0 bridgehead atoms. The quantitative estimate of drug-likeness (QED) is 0.747. The Bertz CT molecular complexity index is 1260. The van der Waals surface area contributed by atoms with Gasteiger partial charge in [-0.3, -0.25) is 9.97 Å². The number of nitrogens with zero attached hydrogens (tertiary/aromatic N) is 6. The van der Waals surface area contributed by atoms with Crippen LogP contribution in [-0.2, 0) is 12.9 Å². The highest BCUT2D eigenvalue weighted by molar-refractivity contribution is 5.61. The zero-order valence-electron chi connectivity index (χ0n) is 19.2. The molecule has 28 heavy (non-hydrogen) atoms. The van der Waals surface area contributed by atoms with Crippen LogP contribution in [-0.4, -0.2) is 26.7 Å². The highest BCUT2D eigenvalue weighted by atomic mass is 19.1. The van der Waals surface area contributed by atoms with E-state index in [1.165, 1.54) is 24.4 Å². The topological polar surface area (TPSA) is 90.6 Å². The number of aromatic nitrogens is 4. The summed E-state index contributed by atoms with van der Waals surface area (Å²) in [5.41, 5.74) is 1.92. The maximum absolute atomic E-state index is 14.1. The second-order valence-electron chi connectivity index (χ2n) is 6.28. The maximum Gasteiger partial charge on any atom is 0.164 e. The van der Waals surface area contributed by atoms with E-state index in [2.05, 4.69) is 25.5 Å². The third-order valence-electron chi connectivity index (χ3n) is 4.16. The lowest BCUT2D eigenvalue weighted by atomic mass is 10.0. The van der Waals surface area contributed by atoms with Crippen LogP contribution in [0.4, 0.5) is 21.6 Å². The number of hydrogen-bond acceptors (Lipinski definition) is 7. The van der Waals surface area contributed by atoms with Gasteiger partial charge >= 0.3 is 0 Å². The van der Waals surface area contributed by atoms with Crippen LogP contribution in [0, 0.1) is 31.0 Å². The van der Waals surface area contributed by atoms with Gasteiger partial charge in [-0.15, -0.1) is 10.2 Å². The number of fused-ring (bicyclic) bond motifs is 1. The largest absolute Gasteiger partial charge is 0.352 e. The highest BCUT2D eigenvalue weighted by Gasteiger charge is 2.21. The standard InChI is InChI=1S/C20H18FN7/c1-12-5-15(8-22)26-27-20(12)28-4-3-18-14(11-28)7-16(9-24-18)25-19-6-13(2)23-10-17(19)21/h5-7,9-10H,3-4,11H2,1-2H3,(H,23,25)/i4D2,11D2. The predicted molar refractivity (Wildman–Crippen MR) is 103 cm³/mol. The van der Waals surface area contributed by atoms with Gasteiger partial charge in [0.05, 0.1) is 26.5 Å². The molecule has 0 aliphatic carbocycles. The fraction of sp³-hybridized carbons (Fsp3) is 0.250. The molecule has 0 saturated carbocycles. The van der Waals surface area contributed by atoms with Gasteiger partial charge in [0, 0.05) is 33.5 Å². The molecule has 1 aliphatic heterocycles. The lowest BCUT2D eigenvalue weighted by molar-refractivity contribution is 0.624. The van der Waals surface area contributed by atoms with Crippen molar-refractivity contribution >= 4 is 17.2 Å². The van der Waals surface area contributed by atoms with Crippen LogP contribution in [0.2, 0.25) is 0 Å². The van der Waals surface area contributed by atoms with Gasteiger partial charge in [0.1, 0.15) is 6.07 Å². The van der Waals surface area contributed by atoms with Crippen LogP contribution >= 0.6 is 0 Å². The van der Waals surface area contributed by atoms with E-state index < -0.39 is 18.8 Å². The normalized spacial score (nSPS) is 18.7. The van der Waals surface area contributed by atoms with Crippen molar-refractivity contribution < 1.29 is 9.87 Å². The summed E-state index contributed by atoms with van der Waals surface area (Å²) < 4.78 is 48.7. The van der Waals surface area contributed by atoms with Crippen LogP contribution in [0.5, 0.6) is 0 Å². The van der Waals surface area contributed by atoms with Gasteiger partial charge in [0.25, 0.3) is 0 Å². The molecule has 4 rings (SSSR count). The number of nitriles is 1. The third kappa shape index (κ3) is 3.47. The minimum absolute atomic E-state index is 0.0150. The first kappa shape index (κ1) is 13.6. The summed E-state index contributed by atoms with van der Waals surface area (Å²) in [6, 6.07) is 6.28. The molecule has 1 aliphatic rings. The number of nitrogens with one attached hydrogen (secondary N) is 1. The van der Waals surface area contributed by atoms with Gasteiger partial charge in [0.2, 0.25) is 0 Å². The summed E-state index contributed by atoms with van der Waals surface area (Å²) in [7, 11) is 0. The number of rotatable bonds is 3. The summed E-state index contributed by atoms with van der Waals surface area (Å²) >= 11 is 0. The van der Waals surface area contributed by atoms with Crippen molar-refractivity contribution in [3.63, 3.8) is 0 Å². The SMILES string of the molecule is [2H]C1([2H])Cc2ncc(Nc3cc(C)ncc3F)cc2C([2H])([2H])N1c1nnc(C#N)cc1C. The van der Waals surface area contributed by atoms with E-state index in [0.717, 1.165) is 11.1 Å². The predicted octanol–water partition coefficient (Wildman–Crippen LogP) is 3.20. The van der Waals surface area contributed by atoms with Crippen molar-refractivity contribution in [2.75, 3.05) is 16.7 Å². The molecule has 0 aromatic carbocycles. The van der Waals surface area contributed by atoms with Gasteiger partial charge < -0.3 is 10.2 Å². The molecule has 140 valence electrons. The van der Waals surface area contributed by atoms with Gasteiger partial charge in [-0.25, -0.2) is 4.39 Å². The van der Waals surface area contributed by atoms with Gasteiger partial charge in [-0.2, -0.15) is 5.26 Å². The molecule has 3 aromatic heterocycles. The zero-order chi connectivity index (χ0) is 23.3. The Kier molecular flexibility index (Phi) is 3.48. The van der Waals surface area contributed by atoms with E-state index in [0.29, 0.717) is 16.9 Å². The highest BCUT2D eigenvalue weighted by Crippen LogP contribution is 2.27. The fourth-order valence-corrected chi connectivity index (χ4v) is 2.79. The molecular weight excluding hydrogens is 357 g/mol. The third-order valence-corrected chi connectivity index (χ3v) is 4.16. The number of pyridine rings is 2. The van der Waals surface area contributed by atoms with Crippen LogP contribution < -0.4 is 10.2 Å². The zero-order valence-corrected chi connectivity index (χ0v) is 15.2. The second kappa shape index (κ2) is 7.19. The number of aryl methyl sites for hydroxylation is 3. The first-order valence-electron chi connectivity index (χ1n) is 10.5. The summed E-state index contributed by atoms with van der Waals surface area (Å²) in [4.78, 5) is 9.04. The van der Waals surface area contributed by atoms with Gasteiger partial charge in [-0.1, -0.05) is 0 Å². The molecule has 1 N–H and O–H groups in total. The molecule has 0 saturated heterocycles. The molecule has 0 amide bonds. The van der Waals surface area contributed by atoms with Crippen molar-refractivity contribution in [3.8, 4) is 6.07 Å². The summed E-state index contributed by atoms with van der Waals surface area (Å²) in [6.45, 7) is -1.20. The summed E-state index contributed by atoms with van der Waals surface area (Å²) in [5.74, 6) is -0.586. The molecule has 0 fully saturated rings. The van der Waals surface area contributed by atoms with Crippen molar-refractivity contribution in [1.29, 1.82) is 5.26 Å². The fourth-order valence-electron chi connectivity index (χ4n) is 2.79. The van der Waals surface area contributed by atoms with Gasteiger partial charge in [0.15, 0.2) is 17.3 Å². The maximum atomic E-state index is 14.1. The smallest absolute Gasteiger partial charge is 0.164 e. The van der Waals surface area contributed by atoms with Crippen molar-refractivity contribution in [2.45, 2.75) is 26.8 Å². The average Bonchev–Trinajstić information content (AvgIpc) is 2.71. The number of anilines is 3. The van der Waals surface area contributed by atoms with Crippen molar-refractivity contribution in [2.24, 2.45) is 0 Å². The van der Waals surface area contributed by atoms with Crippen LogP contribution in [0.1, 0.15) is 33.7 Å². The monoisotopic (exact) mass is 379 g/mol. The summed E-state index contributed by atoms with van der Waals surface area (Å²) in [6.07, 6.45) is 2.29. The second-order valence-corrected chi connectivity index (χ2v) is 6.28. The molecule has 0 atom stereocenters. The van der Waals surface area contributed by atoms with E-state index in [1.807, 2.05) is 6.07 Å². The molecule has 0 radical (unpaired) electrons. The summed E-state index contributed by atoms with van der Waals surface area (Å²) in [5, 5.41) is 19.6. The van der Waals surface area contributed by atoms with E-state index in [4.69, 9.17) is 10.7 Å². The molecule has 7 nitrogen and oxygen atoms in total. The van der Waals surface area contributed by atoms with E-state index >= 15 is 0 Å². The Morgan fingerprint density at radius 1 is 1.21 bits per heavy atom. The Morgan fingerprint density at radius 3 is 2.86 bits per heavy atom. The Balaban J connectivity index is 1.79. The van der Waals surface area contributed by atoms with Gasteiger partial charge in [-0.05, 0) is 43.2 Å². The Labute approximate surface area is 167 Å². The molecule has 4 heterocycles. The lowest BCUT2D eigenvalue weighted by Gasteiger charge is -2.30. The van der Waals surface area contributed by atoms with Crippen LogP contribution in [0.3, 0.4) is 0 Å². The number of halogens is 1. The molecule has 3 aromatic rings. The number of hydrogen-bond donors (Lipinski definition) is 1. The minimum atomic E-state index is -2.36. The Morgan fingerprint density at radius 2 is 2.07 bits per heavy atom. The minimum Gasteiger partial charge on any atom is -0.352 e. The first-order chi connectivity index (χ1) is 15.0. The average molecular weight is 379 g/mol. The Hall–Kier alpha value is -3.60.